The molecular formula is C14H16N2O. The summed E-state index contributed by atoms with van der Waals surface area (Å²) in [5.74, 6) is 0.779. The summed E-state index contributed by atoms with van der Waals surface area (Å²) in [4.78, 5) is 4.19. The molecule has 1 N–H and O–H groups in total. The molecule has 3 nitrogen and oxygen atoms in total. The van der Waals surface area contributed by atoms with Crippen molar-refractivity contribution in [3.8, 4) is 16.9 Å². The number of methoxy groups -OCH3 is 1. The molecule has 1 aromatic heterocycles. The van der Waals surface area contributed by atoms with Gasteiger partial charge < -0.3 is 10.1 Å². The van der Waals surface area contributed by atoms with Crippen LogP contribution in [0.5, 0.6) is 5.75 Å². The molecule has 0 spiro atoms. The van der Waals surface area contributed by atoms with Crippen molar-refractivity contribution in [2.75, 3.05) is 14.2 Å². The first-order valence-corrected chi connectivity index (χ1v) is 5.57. The Bertz CT molecular complexity index is 497. The van der Waals surface area contributed by atoms with E-state index in [1.807, 2.05) is 31.4 Å². The fraction of sp³-hybridized carbons (Fsp3) is 0.214. The quantitative estimate of drug-likeness (QED) is 0.873. The van der Waals surface area contributed by atoms with Gasteiger partial charge in [-0.25, -0.2) is 0 Å². The van der Waals surface area contributed by atoms with Crippen LogP contribution in [0.3, 0.4) is 0 Å². The van der Waals surface area contributed by atoms with Crippen molar-refractivity contribution in [3.63, 3.8) is 0 Å². The fourth-order valence-electron chi connectivity index (χ4n) is 1.82. The summed E-state index contributed by atoms with van der Waals surface area (Å²) in [7, 11) is 3.60. The van der Waals surface area contributed by atoms with E-state index in [0.717, 1.165) is 17.9 Å². The minimum atomic E-state index is 0.779. The van der Waals surface area contributed by atoms with Crippen molar-refractivity contribution >= 4 is 0 Å². The van der Waals surface area contributed by atoms with Gasteiger partial charge in [0.05, 0.1) is 13.3 Å². The van der Waals surface area contributed by atoms with Crippen molar-refractivity contribution in [3.05, 3.63) is 48.3 Å². The molecule has 2 rings (SSSR count). The molecule has 0 amide bonds. The van der Waals surface area contributed by atoms with Crippen LogP contribution in [0.25, 0.3) is 11.1 Å². The fourth-order valence-corrected chi connectivity index (χ4v) is 1.82. The van der Waals surface area contributed by atoms with Gasteiger partial charge in [-0.1, -0.05) is 24.3 Å². The van der Waals surface area contributed by atoms with Crippen LogP contribution in [0.15, 0.2) is 42.7 Å². The maximum atomic E-state index is 5.20. The van der Waals surface area contributed by atoms with Crippen molar-refractivity contribution < 1.29 is 4.74 Å². The molecule has 0 fully saturated rings. The summed E-state index contributed by atoms with van der Waals surface area (Å²) >= 11 is 0. The van der Waals surface area contributed by atoms with E-state index in [0.29, 0.717) is 0 Å². The Morgan fingerprint density at radius 1 is 1.24 bits per heavy atom. The van der Waals surface area contributed by atoms with E-state index in [-0.39, 0.29) is 0 Å². The monoisotopic (exact) mass is 228 g/mol. The lowest BCUT2D eigenvalue weighted by Gasteiger charge is -2.09. The van der Waals surface area contributed by atoms with E-state index in [4.69, 9.17) is 4.74 Å². The number of aromatic nitrogens is 1. The molecule has 0 atom stereocenters. The maximum absolute atomic E-state index is 5.20. The number of ether oxygens (including phenoxy) is 1. The van der Waals surface area contributed by atoms with Gasteiger partial charge in [0.15, 0.2) is 0 Å². The highest BCUT2D eigenvalue weighted by atomic mass is 16.5. The molecule has 1 aromatic carbocycles. The lowest BCUT2D eigenvalue weighted by molar-refractivity contribution is 0.413. The Morgan fingerprint density at radius 2 is 2.06 bits per heavy atom. The summed E-state index contributed by atoms with van der Waals surface area (Å²) in [6.07, 6.45) is 3.57. The highest BCUT2D eigenvalue weighted by molar-refractivity contribution is 5.67. The van der Waals surface area contributed by atoms with Gasteiger partial charge in [0.1, 0.15) is 5.75 Å². The van der Waals surface area contributed by atoms with Crippen LogP contribution in [-0.4, -0.2) is 19.1 Å². The van der Waals surface area contributed by atoms with Gasteiger partial charge >= 0.3 is 0 Å². The molecule has 3 heteroatoms. The van der Waals surface area contributed by atoms with Crippen LogP contribution in [0.4, 0.5) is 0 Å². The Morgan fingerprint density at radius 3 is 2.82 bits per heavy atom. The van der Waals surface area contributed by atoms with Gasteiger partial charge in [0.25, 0.3) is 0 Å². The number of benzene rings is 1. The summed E-state index contributed by atoms with van der Waals surface area (Å²) in [5.41, 5.74) is 3.52. The van der Waals surface area contributed by atoms with Crippen LogP contribution in [-0.2, 0) is 6.54 Å². The average molecular weight is 228 g/mol. The van der Waals surface area contributed by atoms with Crippen LogP contribution < -0.4 is 10.1 Å². The van der Waals surface area contributed by atoms with Crippen molar-refractivity contribution in [1.29, 1.82) is 0 Å². The number of hydrogen-bond donors (Lipinski definition) is 1. The zero-order valence-corrected chi connectivity index (χ0v) is 10.1. The van der Waals surface area contributed by atoms with Crippen LogP contribution in [0.2, 0.25) is 0 Å². The maximum Gasteiger partial charge on any atom is 0.137 e. The zero-order valence-electron chi connectivity index (χ0n) is 10.1. The average Bonchev–Trinajstić information content (AvgIpc) is 2.40. The molecule has 0 aliphatic heterocycles. The second kappa shape index (κ2) is 5.46. The van der Waals surface area contributed by atoms with E-state index in [1.54, 1.807) is 13.3 Å². The lowest BCUT2D eigenvalue weighted by Crippen LogP contribution is -2.06. The van der Waals surface area contributed by atoms with Gasteiger partial charge in [-0.05, 0) is 24.2 Å². The van der Waals surface area contributed by atoms with Gasteiger partial charge in [0, 0.05) is 18.3 Å². The predicted molar refractivity (Wildman–Crippen MR) is 69.0 cm³/mol. The predicted octanol–water partition coefficient (Wildman–Crippen LogP) is 2.48. The Kier molecular flexibility index (Phi) is 3.73. The number of nitrogens with zero attached hydrogens (tertiary/aromatic N) is 1. The second-order valence-electron chi connectivity index (χ2n) is 3.80. The number of nitrogens with one attached hydrogen (secondary N) is 1. The molecule has 2 aromatic rings. The summed E-state index contributed by atoms with van der Waals surface area (Å²) in [6, 6.07) is 10.3. The van der Waals surface area contributed by atoms with E-state index < -0.39 is 0 Å². The van der Waals surface area contributed by atoms with Crippen molar-refractivity contribution in [1.82, 2.24) is 10.3 Å². The standard InChI is InChI=1S/C14H16N2O/c1-15-8-11-5-3-4-6-14(11)12-7-13(17-2)10-16-9-12/h3-7,9-10,15H,8H2,1-2H3. The molecule has 0 radical (unpaired) electrons. The molecule has 0 unspecified atom stereocenters. The second-order valence-corrected chi connectivity index (χ2v) is 3.80. The molecule has 0 aliphatic rings. The minimum absolute atomic E-state index is 0.779. The lowest BCUT2D eigenvalue weighted by atomic mass is 10.0. The molecular weight excluding hydrogens is 212 g/mol. The van der Waals surface area contributed by atoms with Gasteiger partial charge in [-0.15, -0.1) is 0 Å². The van der Waals surface area contributed by atoms with Crippen molar-refractivity contribution in [2.24, 2.45) is 0 Å². The smallest absolute Gasteiger partial charge is 0.137 e. The first-order chi connectivity index (χ1) is 8.35. The largest absolute Gasteiger partial charge is 0.495 e. The molecule has 1 heterocycles. The number of hydrogen-bond acceptors (Lipinski definition) is 3. The van der Waals surface area contributed by atoms with Crippen LogP contribution in [0, 0.1) is 0 Å². The topological polar surface area (TPSA) is 34.2 Å². The Balaban J connectivity index is 2.44. The molecule has 17 heavy (non-hydrogen) atoms. The molecule has 0 saturated heterocycles. The normalized spacial score (nSPS) is 10.2. The number of rotatable bonds is 4. The summed E-state index contributed by atoms with van der Waals surface area (Å²) < 4.78 is 5.20. The van der Waals surface area contributed by atoms with Crippen molar-refractivity contribution in [2.45, 2.75) is 6.54 Å². The van der Waals surface area contributed by atoms with Crippen LogP contribution >= 0.6 is 0 Å². The van der Waals surface area contributed by atoms with E-state index in [1.165, 1.54) is 11.1 Å². The Hall–Kier alpha value is -1.87. The van der Waals surface area contributed by atoms with Gasteiger partial charge in [0.2, 0.25) is 0 Å². The minimum Gasteiger partial charge on any atom is -0.495 e. The van der Waals surface area contributed by atoms with E-state index in [2.05, 4.69) is 22.4 Å². The highest BCUT2D eigenvalue weighted by Crippen LogP contribution is 2.25. The zero-order chi connectivity index (χ0) is 12.1. The first kappa shape index (κ1) is 11.6. The van der Waals surface area contributed by atoms with Crippen LogP contribution in [0.1, 0.15) is 5.56 Å². The Labute approximate surface area is 101 Å². The SMILES string of the molecule is CNCc1ccccc1-c1cncc(OC)c1. The number of pyridine rings is 1. The third-order valence-electron chi connectivity index (χ3n) is 2.64. The summed E-state index contributed by atoms with van der Waals surface area (Å²) in [6.45, 7) is 0.841. The molecule has 0 bridgehead atoms. The van der Waals surface area contributed by atoms with Gasteiger partial charge in [-0.3, -0.25) is 4.98 Å². The molecule has 88 valence electrons. The van der Waals surface area contributed by atoms with E-state index in [9.17, 15) is 0 Å². The highest BCUT2D eigenvalue weighted by Gasteiger charge is 2.05. The third-order valence-corrected chi connectivity index (χ3v) is 2.64. The first-order valence-electron chi connectivity index (χ1n) is 5.57. The molecule has 0 aliphatic carbocycles. The van der Waals surface area contributed by atoms with Gasteiger partial charge in [-0.2, -0.15) is 0 Å². The van der Waals surface area contributed by atoms with E-state index >= 15 is 0 Å². The molecule has 0 saturated carbocycles. The summed E-state index contributed by atoms with van der Waals surface area (Å²) in [5, 5.41) is 3.17. The third kappa shape index (κ3) is 2.63.